The summed E-state index contributed by atoms with van der Waals surface area (Å²) in [4.78, 5) is 9.91. The largest absolute Gasteiger partial charge is 0.382 e. The van der Waals surface area contributed by atoms with Gasteiger partial charge in [-0.15, -0.1) is 0 Å². The van der Waals surface area contributed by atoms with Crippen LogP contribution in [0, 0.1) is 0 Å². The van der Waals surface area contributed by atoms with Crippen molar-refractivity contribution < 1.29 is 14.3 Å². The molecule has 0 rings (SSSR count). The molecule has 0 aliphatic heterocycles. The summed E-state index contributed by atoms with van der Waals surface area (Å²) in [5, 5.41) is 0. The molecule has 54 valence electrons. The van der Waals surface area contributed by atoms with Crippen molar-refractivity contribution in [3.63, 3.8) is 0 Å². The SMILES string of the molecule is COCC(CC=O)OC. The van der Waals surface area contributed by atoms with E-state index in [4.69, 9.17) is 9.47 Å². The molecule has 0 aromatic rings. The average Bonchev–Trinajstić information content (AvgIpc) is 1.88. The second-order valence-electron chi connectivity index (χ2n) is 1.72. The van der Waals surface area contributed by atoms with Gasteiger partial charge in [0.05, 0.1) is 12.7 Å². The predicted molar refractivity (Wildman–Crippen MR) is 33.4 cm³/mol. The summed E-state index contributed by atoms with van der Waals surface area (Å²) in [5.74, 6) is 0. The summed E-state index contributed by atoms with van der Waals surface area (Å²) in [6.07, 6.45) is 1.16. The number of aldehydes is 1. The zero-order chi connectivity index (χ0) is 7.11. The highest BCUT2D eigenvalue weighted by Crippen LogP contribution is 1.93. The summed E-state index contributed by atoms with van der Waals surface area (Å²) in [6, 6.07) is 0. The van der Waals surface area contributed by atoms with Gasteiger partial charge in [-0.1, -0.05) is 0 Å². The van der Waals surface area contributed by atoms with Crippen LogP contribution < -0.4 is 0 Å². The van der Waals surface area contributed by atoms with Gasteiger partial charge in [-0.2, -0.15) is 0 Å². The lowest BCUT2D eigenvalue weighted by Gasteiger charge is -2.09. The Kier molecular flexibility index (Phi) is 5.46. The van der Waals surface area contributed by atoms with E-state index in [0.717, 1.165) is 6.29 Å². The quantitative estimate of drug-likeness (QED) is 0.502. The highest BCUT2D eigenvalue weighted by atomic mass is 16.5. The molecular formula is C6H12O3. The lowest BCUT2D eigenvalue weighted by molar-refractivity contribution is -0.110. The Hall–Kier alpha value is -0.410. The fourth-order valence-corrected chi connectivity index (χ4v) is 0.526. The highest BCUT2D eigenvalue weighted by molar-refractivity contribution is 5.50. The fourth-order valence-electron chi connectivity index (χ4n) is 0.526. The Bertz CT molecular complexity index is 72.7. The lowest BCUT2D eigenvalue weighted by Crippen LogP contribution is -2.17. The molecule has 0 fully saturated rings. The molecule has 0 N–H and O–H groups in total. The number of carbonyl (C=O) groups excluding carboxylic acids is 1. The minimum absolute atomic E-state index is 0.0764. The average molecular weight is 132 g/mol. The van der Waals surface area contributed by atoms with Crippen molar-refractivity contribution in [2.45, 2.75) is 12.5 Å². The van der Waals surface area contributed by atoms with E-state index in [-0.39, 0.29) is 6.10 Å². The number of rotatable bonds is 5. The summed E-state index contributed by atoms with van der Waals surface area (Å²) >= 11 is 0. The van der Waals surface area contributed by atoms with Crippen molar-refractivity contribution >= 4 is 6.29 Å². The number of methoxy groups -OCH3 is 2. The van der Waals surface area contributed by atoms with Crippen molar-refractivity contribution in [3.8, 4) is 0 Å². The smallest absolute Gasteiger partial charge is 0.122 e. The van der Waals surface area contributed by atoms with Gasteiger partial charge >= 0.3 is 0 Å². The number of hydrogen-bond donors (Lipinski definition) is 0. The molecule has 0 aromatic carbocycles. The summed E-state index contributed by atoms with van der Waals surface area (Å²) in [7, 11) is 3.14. The van der Waals surface area contributed by atoms with Crippen LogP contribution in [0.15, 0.2) is 0 Å². The first-order valence-electron chi connectivity index (χ1n) is 2.80. The molecule has 0 amide bonds. The Balaban J connectivity index is 3.28. The molecule has 0 bridgehead atoms. The van der Waals surface area contributed by atoms with E-state index >= 15 is 0 Å². The summed E-state index contributed by atoms with van der Waals surface area (Å²) in [5.41, 5.74) is 0. The molecule has 0 saturated carbocycles. The Labute approximate surface area is 55.0 Å². The van der Waals surface area contributed by atoms with Crippen molar-refractivity contribution in [1.29, 1.82) is 0 Å². The van der Waals surface area contributed by atoms with Crippen LogP contribution in [0.2, 0.25) is 0 Å². The van der Waals surface area contributed by atoms with Crippen LogP contribution in [0.5, 0.6) is 0 Å². The Morgan fingerprint density at radius 3 is 2.56 bits per heavy atom. The van der Waals surface area contributed by atoms with Crippen LogP contribution in [-0.4, -0.2) is 33.2 Å². The third-order valence-corrected chi connectivity index (χ3v) is 1.05. The normalized spacial score (nSPS) is 13.1. The zero-order valence-electron chi connectivity index (χ0n) is 5.79. The molecule has 1 atom stereocenters. The van der Waals surface area contributed by atoms with Gasteiger partial charge in [0.25, 0.3) is 0 Å². The van der Waals surface area contributed by atoms with E-state index < -0.39 is 0 Å². The van der Waals surface area contributed by atoms with Gasteiger partial charge in [0, 0.05) is 20.6 Å². The molecule has 9 heavy (non-hydrogen) atoms. The van der Waals surface area contributed by atoms with Gasteiger partial charge in [-0.3, -0.25) is 0 Å². The Morgan fingerprint density at radius 1 is 1.56 bits per heavy atom. The molecule has 0 spiro atoms. The van der Waals surface area contributed by atoms with E-state index in [1.165, 1.54) is 0 Å². The highest BCUT2D eigenvalue weighted by Gasteiger charge is 2.03. The minimum Gasteiger partial charge on any atom is -0.382 e. The number of ether oxygens (including phenoxy) is 2. The van der Waals surface area contributed by atoms with Crippen molar-refractivity contribution in [2.75, 3.05) is 20.8 Å². The van der Waals surface area contributed by atoms with Gasteiger partial charge in [-0.05, 0) is 0 Å². The maximum Gasteiger partial charge on any atom is 0.122 e. The monoisotopic (exact) mass is 132 g/mol. The second kappa shape index (κ2) is 5.72. The van der Waals surface area contributed by atoms with Gasteiger partial charge < -0.3 is 14.3 Å². The lowest BCUT2D eigenvalue weighted by atomic mass is 10.3. The van der Waals surface area contributed by atoms with E-state index in [1.807, 2.05) is 0 Å². The maximum atomic E-state index is 9.91. The van der Waals surface area contributed by atoms with Gasteiger partial charge in [0.15, 0.2) is 0 Å². The molecular weight excluding hydrogens is 120 g/mol. The number of carbonyl (C=O) groups is 1. The van der Waals surface area contributed by atoms with Gasteiger partial charge in [0.1, 0.15) is 6.29 Å². The molecule has 3 nitrogen and oxygen atoms in total. The minimum atomic E-state index is -0.0764. The van der Waals surface area contributed by atoms with E-state index in [1.54, 1.807) is 14.2 Å². The number of hydrogen-bond acceptors (Lipinski definition) is 3. The van der Waals surface area contributed by atoms with Crippen LogP contribution >= 0.6 is 0 Å². The third-order valence-electron chi connectivity index (χ3n) is 1.05. The summed E-state index contributed by atoms with van der Waals surface area (Å²) < 4.78 is 9.64. The molecule has 3 heteroatoms. The molecule has 0 saturated heterocycles. The van der Waals surface area contributed by atoms with Crippen molar-refractivity contribution in [1.82, 2.24) is 0 Å². The Morgan fingerprint density at radius 2 is 2.22 bits per heavy atom. The summed E-state index contributed by atoms with van der Waals surface area (Å²) in [6.45, 7) is 0.481. The van der Waals surface area contributed by atoms with Crippen LogP contribution in [0.25, 0.3) is 0 Å². The van der Waals surface area contributed by atoms with Gasteiger partial charge in [0.2, 0.25) is 0 Å². The van der Waals surface area contributed by atoms with Crippen LogP contribution in [0.3, 0.4) is 0 Å². The van der Waals surface area contributed by atoms with Crippen LogP contribution in [-0.2, 0) is 14.3 Å². The molecule has 0 aromatic heterocycles. The first-order chi connectivity index (χ1) is 4.35. The predicted octanol–water partition coefficient (Wildman–Crippen LogP) is 0.237. The second-order valence-corrected chi connectivity index (χ2v) is 1.72. The third kappa shape index (κ3) is 4.12. The van der Waals surface area contributed by atoms with Crippen molar-refractivity contribution in [2.24, 2.45) is 0 Å². The first kappa shape index (κ1) is 8.59. The van der Waals surface area contributed by atoms with E-state index in [2.05, 4.69) is 0 Å². The van der Waals surface area contributed by atoms with Crippen molar-refractivity contribution in [3.05, 3.63) is 0 Å². The van der Waals surface area contributed by atoms with Crippen LogP contribution in [0.1, 0.15) is 6.42 Å². The molecule has 0 heterocycles. The standard InChI is InChI=1S/C6H12O3/c1-8-5-6(9-2)3-4-7/h4,6H,3,5H2,1-2H3. The zero-order valence-corrected chi connectivity index (χ0v) is 5.79. The fraction of sp³-hybridized carbons (Fsp3) is 0.833. The van der Waals surface area contributed by atoms with Crippen LogP contribution in [0.4, 0.5) is 0 Å². The molecule has 0 radical (unpaired) electrons. The first-order valence-corrected chi connectivity index (χ1v) is 2.80. The topological polar surface area (TPSA) is 35.5 Å². The maximum absolute atomic E-state index is 9.91. The van der Waals surface area contributed by atoms with E-state index in [9.17, 15) is 4.79 Å². The van der Waals surface area contributed by atoms with E-state index in [0.29, 0.717) is 13.0 Å². The molecule has 0 aliphatic rings. The van der Waals surface area contributed by atoms with Gasteiger partial charge in [-0.25, -0.2) is 0 Å². The molecule has 0 aliphatic carbocycles. The molecule has 1 unspecified atom stereocenters.